The lowest BCUT2D eigenvalue weighted by Crippen LogP contribution is -2.18. The fourth-order valence-electron chi connectivity index (χ4n) is 2.36. The molecule has 3 aromatic rings. The Bertz CT molecular complexity index is 896. The second kappa shape index (κ2) is 7.13. The van der Waals surface area contributed by atoms with E-state index in [-0.39, 0.29) is 16.4 Å². The summed E-state index contributed by atoms with van der Waals surface area (Å²) in [5.74, 6) is 0. The summed E-state index contributed by atoms with van der Waals surface area (Å²) in [5, 5.41) is 0. The van der Waals surface area contributed by atoms with Crippen LogP contribution in [-0.4, -0.2) is 19.9 Å². The summed E-state index contributed by atoms with van der Waals surface area (Å²) in [5.41, 5.74) is 4.04. The summed E-state index contributed by atoms with van der Waals surface area (Å²) in [6.07, 6.45) is 5.10. The van der Waals surface area contributed by atoms with Gasteiger partial charge in [0, 0.05) is 23.9 Å². The van der Waals surface area contributed by atoms with E-state index in [1.54, 1.807) is 0 Å². The molecule has 0 fully saturated rings. The van der Waals surface area contributed by atoms with Crippen molar-refractivity contribution >= 4 is 11.0 Å². The Hall–Kier alpha value is -2.56. The Morgan fingerprint density at radius 2 is 1.60 bits per heavy atom. The molecule has 0 spiro atoms. The van der Waals surface area contributed by atoms with E-state index in [9.17, 15) is 4.79 Å². The summed E-state index contributed by atoms with van der Waals surface area (Å²) in [4.78, 5) is 26.1. The van der Waals surface area contributed by atoms with Crippen LogP contribution in [0.1, 0.15) is 52.8 Å². The fraction of sp³-hybridized carbons (Fsp3) is 0.400. The van der Waals surface area contributed by atoms with Gasteiger partial charge in [0.05, 0.1) is 23.1 Å². The summed E-state index contributed by atoms with van der Waals surface area (Å²) in [7, 11) is 0. The number of hydrogen-bond donors (Lipinski definition) is 1. The molecule has 0 bridgehead atoms. The highest BCUT2D eigenvalue weighted by molar-refractivity contribution is 5.78. The molecule has 0 aromatic carbocycles. The smallest absolute Gasteiger partial charge is 0.250 e. The molecule has 0 unspecified atom stereocenters. The highest BCUT2D eigenvalue weighted by Crippen LogP contribution is 2.26. The third kappa shape index (κ3) is 4.95. The predicted molar refractivity (Wildman–Crippen MR) is 102 cm³/mol. The van der Waals surface area contributed by atoms with E-state index >= 15 is 0 Å². The number of rotatable bonds is 0. The summed E-state index contributed by atoms with van der Waals surface area (Å²) in [6.45, 7) is 12.6. The van der Waals surface area contributed by atoms with E-state index in [0.29, 0.717) is 0 Å². The fourth-order valence-corrected chi connectivity index (χ4v) is 2.36. The normalized spacial score (nSPS) is 11.8. The van der Waals surface area contributed by atoms with Crippen LogP contribution in [0.15, 0.2) is 47.8 Å². The Kier molecular flexibility index (Phi) is 5.36. The van der Waals surface area contributed by atoms with Crippen molar-refractivity contribution < 1.29 is 0 Å². The van der Waals surface area contributed by atoms with E-state index in [1.807, 2.05) is 45.3 Å². The molecule has 25 heavy (non-hydrogen) atoms. The van der Waals surface area contributed by atoms with Gasteiger partial charge in [0.2, 0.25) is 0 Å². The van der Waals surface area contributed by atoms with Crippen LogP contribution in [-0.2, 0) is 10.8 Å². The first-order valence-electron chi connectivity index (χ1n) is 8.34. The van der Waals surface area contributed by atoms with E-state index in [4.69, 9.17) is 0 Å². The van der Waals surface area contributed by atoms with Gasteiger partial charge in [0.25, 0.3) is 5.56 Å². The molecule has 0 aliphatic heterocycles. The van der Waals surface area contributed by atoms with Gasteiger partial charge in [-0.05, 0) is 29.2 Å². The van der Waals surface area contributed by atoms with E-state index < -0.39 is 0 Å². The first kappa shape index (κ1) is 18.8. The summed E-state index contributed by atoms with van der Waals surface area (Å²) < 4.78 is 0. The zero-order valence-electron chi connectivity index (χ0n) is 15.8. The lowest BCUT2D eigenvalue weighted by molar-refractivity contribution is 0.565. The minimum Gasteiger partial charge on any atom is -0.313 e. The number of aromatic nitrogens is 4. The first-order chi connectivity index (χ1) is 11.6. The Labute approximate surface area is 148 Å². The van der Waals surface area contributed by atoms with Gasteiger partial charge in [-0.3, -0.25) is 14.8 Å². The largest absolute Gasteiger partial charge is 0.313 e. The van der Waals surface area contributed by atoms with Gasteiger partial charge < -0.3 is 4.98 Å². The Morgan fingerprint density at radius 1 is 0.880 bits per heavy atom. The van der Waals surface area contributed by atoms with Crippen molar-refractivity contribution in [1.82, 2.24) is 19.9 Å². The molecular weight excluding hydrogens is 312 g/mol. The third-order valence-electron chi connectivity index (χ3n) is 3.75. The van der Waals surface area contributed by atoms with Crippen LogP contribution in [0.25, 0.3) is 11.0 Å². The number of aromatic amines is 1. The van der Waals surface area contributed by atoms with Crippen molar-refractivity contribution in [2.24, 2.45) is 0 Å². The number of hydrogen-bond acceptors (Lipinski definition) is 4. The Balaban J connectivity index is 0.000000186. The van der Waals surface area contributed by atoms with Gasteiger partial charge in [-0.2, -0.15) is 0 Å². The SMILES string of the molecule is CC(C)(C)c1cc(=O)[nH]cn1.CC(C)(C)c1ccnc2cccnc12. The number of fused-ring (bicyclic) bond motifs is 1. The zero-order valence-corrected chi connectivity index (χ0v) is 15.8. The number of nitrogens with one attached hydrogen (secondary N) is 1. The van der Waals surface area contributed by atoms with Crippen molar-refractivity contribution in [3.63, 3.8) is 0 Å². The quantitative estimate of drug-likeness (QED) is 0.672. The van der Waals surface area contributed by atoms with Crippen molar-refractivity contribution in [2.45, 2.75) is 52.4 Å². The van der Waals surface area contributed by atoms with Crippen LogP contribution >= 0.6 is 0 Å². The van der Waals surface area contributed by atoms with Crippen LogP contribution < -0.4 is 5.56 Å². The van der Waals surface area contributed by atoms with Crippen LogP contribution in [0.4, 0.5) is 0 Å². The monoisotopic (exact) mass is 338 g/mol. The number of pyridine rings is 2. The van der Waals surface area contributed by atoms with Gasteiger partial charge in [-0.15, -0.1) is 0 Å². The van der Waals surface area contributed by atoms with Gasteiger partial charge >= 0.3 is 0 Å². The van der Waals surface area contributed by atoms with E-state index in [1.165, 1.54) is 18.0 Å². The third-order valence-corrected chi connectivity index (χ3v) is 3.75. The topological polar surface area (TPSA) is 71.5 Å². The van der Waals surface area contributed by atoms with Crippen LogP contribution in [0.5, 0.6) is 0 Å². The zero-order chi connectivity index (χ0) is 18.7. The molecule has 0 saturated heterocycles. The van der Waals surface area contributed by atoms with Crippen molar-refractivity contribution in [2.75, 3.05) is 0 Å². The Morgan fingerprint density at radius 3 is 2.16 bits per heavy atom. The highest BCUT2D eigenvalue weighted by atomic mass is 16.1. The maximum atomic E-state index is 10.8. The van der Waals surface area contributed by atoms with Gasteiger partial charge in [-0.25, -0.2) is 4.98 Å². The molecule has 0 aliphatic carbocycles. The van der Waals surface area contributed by atoms with E-state index in [2.05, 4.69) is 46.8 Å². The molecule has 5 heteroatoms. The molecule has 0 saturated carbocycles. The molecule has 5 nitrogen and oxygen atoms in total. The molecule has 3 aromatic heterocycles. The molecule has 3 heterocycles. The lowest BCUT2D eigenvalue weighted by atomic mass is 9.86. The number of H-pyrrole nitrogens is 1. The summed E-state index contributed by atoms with van der Waals surface area (Å²) >= 11 is 0. The molecule has 1 N–H and O–H groups in total. The second-order valence-electron chi connectivity index (χ2n) is 8.03. The van der Waals surface area contributed by atoms with Gasteiger partial charge in [0.1, 0.15) is 0 Å². The average Bonchev–Trinajstić information content (AvgIpc) is 2.53. The van der Waals surface area contributed by atoms with Crippen LogP contribution in [0, 0.1) is 0 Å². The molecule has 3 rings (SSSR count). The van der Waals surface area contributed by atoms with E-state index in [0.717, 1.165) is 16.7 Å². The predicted octanol–water partition coefficient (Wildman–Crippen LogP) is 3.99. The molecule has 0 amide bonds. The van der Waals surface area contributed by atoms with Crippen LogP contribution in [0.3, 0.4) is 0 Å². The lowest BCUT2D eigenvalue weighted by Gasteiger charge is -2.19. The standard InChI is InChI=1S/C12H14N2.C8H12N2O/c1-12(2,3)9-6-8-13-10-5-4-7-14-11(9)10;1-8(2,3)6-4-7(11)10-5-9-6/h4-8H,1-3H3;4-5H,1-3H3,(H,9,10,11). The highest BCUT2D eigenvalue weighted by Gasteiger charge is 2.17. The van der Waals surface area contributed by atoms with Crippen molar-refractivity contribution in [1.29, 1.82) is 0 Å². The van der Waals surface area contributed by atoms with Crippen LogP contribution in [0.2, 0.25) is 0 Å². The molecule has 0 atom stereocenters. The maximum Gasteiger partial charge on any atom is 0.250 e. The molecule has 0 aliphatic rings. The minimum absolute atomic E-state index is 0.0474. The summed E-state index contributed by atoms with van der Waals surface area (Å²) in [6, 6.07) is 7.49. The maximum absolute atomic E-state index is 10.8. The van der Waals surface area contributed by atoms with Gasteiger partial charge in [-0.1, -0.05) is 41.5 Å². The second-order valence-corrected chi connectivity index (χ2v) is 8.03. The molecule has 0 radical (unpaired) electrons. The van der Waals surface area contributed by atoms with Crippen molar-refractivity contribution in [3.8, 4) is 0 Å². The van der Waals surface area contributed by atoms with Crippen molar-refractivity contribution in [3.05, 3.63) is 64.6 Å². The van der Waals surface area contributed by atoms with Gasteiger partial charge in [0.15, 0.2) is 0 Å². The molecule has 132 valence electrons. The first-order valence-corrected chi connectivity index (χ1v) is 8.34. The number of nitrogens with zero attached hydrogens (tertiary/aromatic N) is 3. The minimum atomic E-state index is -0.0927. The average molecular weight is 338 g/mol. The molecular formula is C20H26N4O.